The number of nitro benzene ring substituents is 1. The van der Waals surface area contributed by atoms with Gasteiger partial charge in [-0.25, -0.2) is 9.19 Å². The minimum atomic E-state index is -0.669. The SMILES string of the molecule is CC1=C(C(=O)OC(C)(C)C)N2C(=O)C(=NSc3ccccc3[N+](=O)[O-])[C@H]2SC1. The van der Waals surface area contributed by atoms with Gasteiger partial charge in [-0.1, -0.05) is 12.1 Å². The second-order valence-electron chi connectivity index (χ2n) is 7.26. The molecule has 2 heterocycles. The number of carbonyl (C=O) groups is 2. The molecule has 28 heavy (non-hydrogen) atoms. The maximum absolute atomic E-state index is 12.7. The zero-order valence-corrected chi connectivity index (χ0v) is 17.4. The highest BCUT2D eigenvalue weighted by atomic mass is 32.2. The van der Waals surface area contributed by atoms with Crippen molar-refractivity contribution in [3.05, 3.63) is 45.6 Å². The number of ether oxygens (including phenoxy) is 1. The van der Waals surface area contributed by atoms with Gasteiger partial charge in [0.2, 0.25) is 0 Å². The summed E-state index contributed by atoms with van der Waals surface area (Å²) in [6.07, 6.45) is 0. The number of thioether (sulfide) groups is 1. The van der Waals surface area contributed by atoms with Crippen molar-refractivity contribution < 1.29 is 19.2 Å². The molecule has 1 atom stereocenters. The third kappa shape index (κ3) is 3.93. The van der Waals surface area contributed by atoms with E-state index < -0.39 is 21.9 Å². The summed E-state index contributed by atoms with van der Waals surface area (Å²) in [5.41, 5.74) is 0.577. The summed E-state index contributed by atoms with van der Waals surface area (Å²) >= 11 is 2.37. The van der Waals surface area contributed by atoms with Crippen LogP contribution in [0.25, 0.3) is 0 Å². The van der Waals surface area contributed by atoms with Crippen LogP contribution in [0, 0.1) is 10.1 Å². The van der Waals surface area contributed by atoms with E-state index in [4.69, 9.17) is 4.74 Å². The highest BCUT2D eigenvalue weighted by Gasteiger charge is 2.51. The number of rotatable bonds is 4. The van der Waals surface area contributed by atoms with Gasteiger partial charge in [0.15, 0.2) is 0 Å². The average molecular weight is 422 g/mol. The van der Waals surface area contributed by atoms with Crippen LogP contribution in [0.2, 0.25) is 0 Å². The molecule has 0 unspecified atom stereocenters. The quantitative estimate of drug-likeness (QED) is 0.241. The number of hydrogen-bond donors (Lipinski definition) is 0. The van der Waals surface area contributed by atoms with Gasteiger partial charge >= 0.3 is 5.97 Å². The molecule has 1 fully saturated rings. The van der Waals surface area contributed by atoms with Crippen molar-refractivity contribution in [3.8, 4) is 0 Å². The molecular weight excluding hydrogens is 402 g/mol. The number of fused-ring (bicyclic) bond motifs is 1. The van der Waals surface area contributed by atoms with Crippen molar-refractivity contribution in [2.24, 2.45) is 4.40 Å². The summed E-state index contributed by atoms with van der Waals surface area (Å²) in [5.74, 6) is -0.351. The number of β-lactam (4-membered cyclic amide) rings is 1. The molecule has 148 valence electrons. The lowest BCUT2D eigenvalue weighted by atomic mass is 10.1. The molecule has 0 spiro atoms. The summed E-state index contributed by atoms with van der Waals surface area (Å²) < 4.78 is 9.68. The lowest BCUT2D eigenvalue weighted by Gasteiger charge is -2.44. The Morgan fingerprint density at radius 2 is 2.07 bits per heavy atom. The number of para-hydroxylation sites is 1. The van der Waals surface area contributed by atoms with Gasteiger partial charge in [0.05, 0.1) is 4.92 Å². The lowest BCUT2D eigenvalue weighted by Crippen LogP contribution is -2.62. The average Bonchev–Trinajstić information content (AvgIpc) is 2.60. The van der Waals surface area contributed by atoms with Gasteiger partial charge in [-0.15, -0.1) is 11.8 Å². The molecule has 1 amide bonds. The van der Waals surface area contributed by atoms with E-state index in [-0.39, 0.29) is 23.0 Å². The van der Waals surface area contributed by atoms with Crippen LogP contribution < -0.4 is 0 Å². The Bertz CT molecular complexity index is 920. The summed E-state index contributed by atoms with van der Waals surface area (Å²) in [4.78, 5) is 37.6. The molecule has 2 aliphatic heterocycles. The predicted molar refractivity (Wildman–Crippen MR) is 108 cm³/mol. The highest BCUT2D eigenvalue weighted by molar-refractivity contribution is 8.01. The van der Waals surface area contributed by atoms with Crippen LogP contribution >= 0.6 is 23.7 Å². The molecule has 8 nitrogen and oxygen atoms in total. The highest BCUT2D eigenvalue weighted by Crippen LogP contribution is 2.41. The number of benzene rings is 1. The first-order valence-corrected chi connectivity index (χ1v) is 10.3. The van der Waals surface area contributed by atoms with Crippen LogP contribution in [0.3, 0.4) is 0 Å². The molecule has 1 aromatic carbocycles. The van der Waals surface area contributed by atoms with E-state index in [1.165, 1.54) is 22.7 Å². The number of nitrogens with zero attached hydrogens (tertiary/aromatic N) is 3. The summed E-state index contributed by atoms with van der Waals surface area (Å²) in [6.45, 7) is 7.10. The number of carbonyl (C=O) groups excluding carboxylic acids is 2. The number of amides is 1. The number of hydrogen-bond acceptors (Lipinski definition) is 8. The first-order valence-electron chi connectivity index (χ1n) is 8.46. The van der Waals surface area contributed by atoms with E-state index in [2.05, 4.69) is 4.40 Å². The van der Waals surface area contributed by atoms with E-state index in [0.29, 0.717) is 10.6 Å². The van der Waals surface area contributed by atoms with Gasteiger partial charge in [-0.3, -0.25) is 19.8 Å². The molecule has 0 aromatic heterocycles. The van der Waals surface area contributed by atoms with Crippen molar-refractivity contribution in [1.82, 2.24) is 4.90 Å². The molecule has 0 aliphatic carbocycles. The Labute approximate surface area is 170 Å². The van der Waals surface area contributed by atoms with Gasteiger partial charge in [0.1, 0.15) is 27.3 Å². The van der Waals surface area contributed by atoms with Crippen LogP contribution in [0.5, 0.6) is 0 Å². The molecule has 1 aromatic rings. The van der Waals surface area contributed by atoms with Crippen LogP contribution in [0.4, 0.5) is 5.69 Å². The fourth-order valence-corrected chi connectivity index (χ4v) is 4.73. The van der Waals surface area contributed by atoms with E-state index in [0.717, 1.165) is 17.5 Å². The van der Waals surface area contributed by atoms with Crippen LogP contribution in [0.15, 0.2) is 44.8 Å². The Balaban J connectivity index is 1.81. The van der Waals surface area contributed by atoms with Gasteiger partial charge in [0, 0.05) is 23.8 Å². The molecular formula is C18H19N3O5S2. The van der Waals surface area contributed by atoms with Gasteiger partial charge in [-0.05, 0) is 39.3 Å². The first kappa shape index (κ1) is 20.4. The van der Waals surface area contributed by atoms with Crippen molar-refractivity contribution in [3.63, 3.8) is 0 Å². The van der Waals surface area contributed by atoms with Crippen molar-refractivity contribution in [2.75, 3.05) is 5.75 Å². The summed E-state index contributed by atoms with van der Waals surface area (Å²) in [5, 5.41) is 10.7. The molecule has 0 bridgehead atoms. The van der Waals surface area contributed by atoms with Crippen LogP contribution in [0.1, 0.15) is 27.7 Å². The first-order chi connectivity index (χ1) is 13.1. The second kappa shape index (κ2) is 7.59. The van der Waals surface area contributed by atoms with E-state index in [9.17, 15) is 19.7 Å². The monoisotopic (exact) mass is 421 g/mol. The van der Waals surface area contributed by atoms with Crippen LogP contribution in [-0.2, 0) is 14.3 Å². The normalized spacial score (nSPS) is 20.7. The van der Waals surface area contributed by atoms with Gasteiger partial charge < -0.3 is 4.74 Å². The van der Waals surface area contributed by atoms with Crippen LogP contribution in [-0.4, -0.2) is 44.1 Å². The fourth-order valence-electron chi connectivity index (χ4n) is 2.71. The fraction of sp³-hybridized carbons (Fsp3) is 0.389. The van der Waals surface area contributed by atoms with Gasteiger partial charge in [-0.2, -0.15) is 0 Å². The minimum absolute atomic E-state index is 0.0676. The Morgan fingerprint density at radius 3 is 2.71 bits per heavy atom. The Kier molecular flexibility index (Phi) is 5.53. The zero-order valence-electron chi connectivity index (χ0n) is 15.8. The summed E-state index contributed by atoms with van der Waals surface area (Å²) in [7, 11) is 0. The molecule has 10 heteroatoms. The number of nitro groups is 1. The standard InChI is InChI=1S/C18H19N3O5S2/c1-10-9-27-16-13(19-28-12-8-6-5-7-11(12)21(24)25)15(22)20(16)14(10)17(23)26-18(2,3)4/h5-8,16H,9H2,1-4H3/t16-/m1/s1. The maximum atomic E-state index is 12.7. The van der Waals surface area contributed by atoms with E-state index in [1.54, 1.807) is 45.9 Å². The van der Waals surface area contributed by atoms with Crippen molar-refractivity contribution in [1.29, 1.82) is 0 Å². The molecule has 0 radical (unpaired) electrons. The van der Waals surface area contributed by atoms with Crippen molar-refractivity contribution in [2.45, 2.75) is 43.6 Å². The smallest absolute Gasteiger partial charge is 0.355 e. The Morgan fingerprint density at radius 1 is 1.39 bits per heavy atom. The molecule has 3 rings (SSSR count). The Hall–Kier alpha value is -2.33. The maximum Gasteiger partial charge on any atom is 0.355 e. The largest absolute Gasteiger partial charge is 0.455 e. The third-order valence-corrected chi connectivity index (χ3v) is 6.09. The zero-order chi connectivity index (χ0) is 20.6. The predicted octanol–water partition coefficient (Wildman–Crippen LogP) is 3.57. The van der Waals surface area contributed by atoms with E-state index >= 15 is 0 Å². The number of esters is 1. The minimum Gasteiger partial charge on any atom is -0.455 e. The van der Waals surface area contributed by atoms with Crippen molar-refractivity contribution >= 4 is 47.0 Å². The van der Waals surface area contributed by atoms with E-state index in [1.807, 2.05) is 0 Å². The van der Waals surface area contributed by atoms with Gasteiger partial charge in [0.25, 0.3) is 11.6 Å². The molecule has 1 saturated heterocycles. The molecule has 2 aliphatic rings. The topological polar surface area (TPSA) is 102 Å². The molecule has 0 saturated carbocycles. The lowest BCUT2D eigenvalue weighted by molar-refractivity contribution is -0.387. The second-order valence-corrected chi connectivity index (χ2v) is 9.14. The third-order valence-electron chi connectivity index (χ3n) is 3.91. The molecule has 0 N–H and O–H groups in total. The summed E-state index contributed by atoms with van der Waals surface area (Å²) in [6, 6.07) is 6.22.